The number of hydrogen-bond acceptors (Lipinski definition) is 5. The molecule has 1 fully saturated rings. The van der Waals surface area contributed by atoms with E-state index in [0.717, 1.165) is 44.5 Å². The summed E-state index contributed by atoms with van der Waals surface area (Å²) in [5, 5.41) is 16.2. The molecule has 1 aliphatic rings. The molecule has 0 radical (unpaired) electrons. The Bertz CT molecular complexity index is 749. The van der Waals surface area contributed by atoms with Crippen LogP contribution in [0.4, 0.5) is 24.5 Å². The van der Waals surface area contributed by atoms with Gasteiger partial charge in [0.05, 0.1) is 10.5 Å². The van der Waals surface area contributed by atoms with Crippen LogP contribution < -0.4 is 10.6 Å². The minimum Gasteiger partial charge on any atom is -0.379 e. The molecule has 1 heterocycles. The summed E-state index contributed by atoms with van der Waals surface area (Å²) in [4.78, 5) is 35.7. The van der Waals surface area contributed by atoms with E-state index in [1.165, 1.54) is 0 Å². The third-order valence-corrected chi connectivity index (χ3v) is 4.56. The Kier molecular flexibility index (Phi) is 7.80. The second-order valence-electron chi connectivity index (χ2n) is 6.70. The van der Waals surface area contributed by atoms with Crippen molar-refractivity contribution >= 4 is 23.2 Å². The van der Waals surface area contributed by atoms with Crippen LogP contribution in [0.1, 0.15) is 37.7 Å². The number of likely N-dealkylation sites (tertiary alicyclic amines) is 1. The second-order valence-corrected chi connectivity index (χ2v) is 6.70. The summed E-state index contributed by atoms with van der Waals surface area (Å²) in [5.41, 5.74) is -1.94. The van der Waals surface area contributed by atoms with Gasteiger partial charge in [0.1, 0.15) is 5.69 Å². The lowest BCUT2D eigenvalue weighted by Crippen LogP contribution is -2.38. The highest BCUT2D eigenvalue weighted by atomic mass is 19.4. The number of carbonyl (C=O) groups is 2. The SMILES string of the molecule is O=C(CCNc1ccc(C(F)(F)F)cc1[N+](=O)[O-])NCCC(=O)N1CCCCC1. The van der Waals surface area contributed by atoms with E-state index in [9.17, 15) is 32.9 Å². The summed E-state index contributed by atoms with van der Waals surface area (Å²) in [5.74, 6) is -0.373. The number of rotatable bonds is 8. The van der Waals surface area contributed by atoms with Crippen LogP contribution in [0.5, 0.6) is 0 Å². The van der Waals surface area contributed by atoms with Gasteiger partial charge in [0, 0.05) is 45.1 Å². The van der Waals surface area contributed by atoms with Crippen molar-refractivity contribution in [2.75, 3.05) is 31.5 Å². The van der Waals surface area contributed by atoms with Gasteiger partial charge in [-0.3, -0.25) is 19.7 Å². The van der Waals surface area contributed by atoms with Crippen molar-refractivity contribution in [3.05, 3.63) is 33.9 Å². The normalized spacial score (nSPS) is 14.4. The van der Waals surface area contributed by atoms with Gasteiger partial charge in [-0.15, -0.1) is 0 Å². The van der Waals surface area contributed by atoms with E-state index < -0.39 is 22.4 Å². The molecule has 2 N–H and O–H groups in total. The number of alkyl halides is 3. The smallest absolute Gasteiger partial charge is 0.379 e. The molecular weight excluding hydrogens is 393 g/mol. The van der Waals surface area contributed by atoms with Crippen molar-refractivity contribution in [2.24, 2.45) is 0 Å². The molecular formula is C18H23F3N4O4. The molecule has 11 heteroatoms. The molecule has 8 nitrogen and oxygen atoms in total. The highest BCUT2D eigenvalue weighted by Gasteiger charge is 2.33. The molecule has 0 spiro atoms. The summed E-state index contributed by atoms with van der Waals surface area (Å²) >= 11 is 0. The zero-order valence-corrected chi connectivity index (χ0v) is 15.8. The number of anilines is 1. The average Bonchev–Trinajstić information content (AvgIpc) is 2.67. The van der Waals surface area contributed by atoms with Crippen LogP contribution in [-0.4, -0.2) is 47.8 Å². The van der Waals surface area contributed by atoms with Crippen LogP contribution in [-0.2, 0) is 15.8 Å². The summed E-state index contributed by atoms with van der Waals surface area (Å²) in [6.07, 6.45) is -1.45. The number of benzene rings is 1. The van der Waals surface area contributed by atoms with E-state index in [2.05, 4.69) is 10.6 Å². The fourth-order valence-electron chi connectivity index (χ4n) is 3.02. The number of hydrogen-bond donors (Lipinski definition) is 2. The third kappa shape index (κ3) is 6.91. The Labute approximate surface area is 165 Å². The van der Waals surface area contributed by atoms with E-state index in [1.807, 2.05) is 0 Å². The minimum absolute atomic E-state index is 0.00188. The maximum absolute atomic E-state index is 12.7. The van der Waals surface area contributed by atoms with Crippen molar-refractivity contribution in [2.45, 2.75) is 38.3 Å². The number of carbonyl (C=O) groups excluding carboxylic acids is 2. The molecule has 0 saturated carbocycles. The van der Waals surface area contributed by atoms with Crippen molar-refractivity contribution < 1.29 is 27.7 Å². The predicted molar refractivity (Wildman–Crippen MR) is 99.3 cm³/mol. The fourth-order valence-corrected chi connectivity index (χ4v) is 3.02. The number of nitrogens with zero attached hydrogens (tertiary/aromatic N) is 2. The van der Waals surface area contributed by atoms with Crippen LogP contribution in [0, 0.1) is 10.1 Å². The quantitative estimate of drug-likeness (QED) is 0.501. The second kappa shape index (κ2) is 10.1. The maximum Gasteiger partial charge on any atom is 0.416 e. The first kappa shape index (κ1) is 22.4. The average molecular weight is 416 g/mol. The largest absolute Gasteiger partial charge is 0.416 e. The van der Waals surface area contributed by atoms with Crippen molar-refractivity contribution in [3.8, 4) is 0 Å². The number of nitrogens with one attached hydrogen (secondary N) is 2. The number of halogens is 3. The van der Waals surface area contributed by atoms with Crippen LogP contribution in [0.25, 0.3) is 0 Å². The number of nitro benzene ring substituents is 1. The summed E-state index contributed by atoms with van der Waals surface area (Å²) in [6, 6.07) is 2.16. The number of piperidine rings is 1. The highest BCUT2D eigenvalue weighted by Crippen LogP contribution is 2.34. The summed E-state index contributed by atoms with van der Waals surface area (Å²) < 4.78 is 38.1. The van der Waals surface area contributed by atoms with Crippen molar-refractivity contribution in [1.29, 1.82) is 0 Å². The van der Waals surface area contributed by atoms with Gasteiger partial charge >= 0.3 is 6.18 Å². The molecule has 1 aliphatic heterocycles. The van der Waals surface area contributed by atoms with Gasteiger partial charge in [-0.25, -0.2) is 0 Å². The van der Waals surface area contributed by atoms with E-state index >= 15 is 0 Å². The zero-order valence-electron chi connectivity index (χ0n) is 15.8. The van der Waals surface area contributed by atoms with Crippen LogP contribution >= 0.6 is 0 Å². The topological polar surface area (TPSA) is 105 Å². The standard InChI is InChI=1S/C18H23F3N4O4/c19-18(20,21)13-4-5-14(15(12-13)25(28)29)22-8-6-16(26)23-9-7-17(27)24-10-2-1-3-11-24/h4-5,12,22H,1-3,6-11H2,(H,23,26). The molecule has 1 aromatic carbocycles. The molecule has 0 aromatic heterocycles. The Morgan fingerprint density at radius 3 is 2.41 bits per heavy atom. The van der Waals surface area contributed by atoms with Gasteiger partial charge < -0.3 is 15.5 Å². The van der Waals surface area contributed by atoms with Gasteiger partial charge in [0.2, 0.25) is 11.8 Å². The van der Waals surface area contributed by atoms with E-state index in [4.69, 9.17) is 0 Å². The molecule has 0 unspecified atom stereocenters. The Morgan fingerprint density at radius 1 is 1.10 bits per heavy atom. The molecule has 0 atom stereocenters. The Balaban J connectivity index is 1.76. The summed E-state index contributed by atoms with van der Waals surface area (Å²) in [6.45, 7) is 1.66. The molecule has 160 valence electrons. The lowest BCUT2D eigenvalue weighted by Gasteiger charge is -2.26. The maximum atomic E-state index is 12.7. The van der Waals surface area contributed by atoms with Gasteiger partial charge in [-0.05, 0) is 31.4 Å². The predicted octanol–water partition coefficient (Wildman–Crippen LogP) is 2.93. The van der Waals surface area contributed by atoms with E-state index in [0.29, 0.717) is 6.07 Å². The number of nitro groups is 1. The van der Waals surface area contributed by atoms with Gasteiger partial charge in [0.25, 0.3) is 5.69 Å². The first-order valence-corrected chi connectivity index (χ1v) is 9.32. The minimum atomic E-state index is -4.69. The van der Waals surface area contributed by atoms with Crippen molar-refractivity contribution in [1.82, 2.24) is 10.2 Å². The van der Waals surface area contributed by atoms with E-state index in [-0.39, 0.29) is 43.4 Å². The van der Waals surface area contributed by atoms with Gasteiger partial charge in [-0.2, -0.15) is 13.2 Å². The van der Waals surface area contributed by atoms with Gasteiger partial charge in [-0.1, -0.05) is 0 Å². The van der Waals surface area contributed by atoms with Crippen LogP contribution in [0.3, 0.4) is 0 Å². The third-order valence-electron chi connectivity index (χ3n) is 4.56. The molecule has 29 heavy (non-hydrogen) atoms. The first-order valence-electron chi connectivity index (χ1n) is 9.32. The van der Waals surface area contributed by atoms with Crippen LogP contribution in [0.2, 0.25) is 0 Å². The Morgan fingerprint density at radius 2 is 1.79 bits per heavy atom. The lowest BCUT2D eigenvalue weighted by atomic mass is 10.1. The molecule has 2 rings (SSSR count). The molecule has 0 bridgehead atoms. The van der Waals surface area contributed by atoms with Crippen molar-refractivity contribution in [3.63, 3.8) is 0 Å². The molecule has 1 aromatic rings. The van der Waals surface area contributed by atoms with Gasteiger partial charge in [0.15, 0.2) is 0 Å². The monoisotopic (exact) mass is 416 g/mol. The number of amides is 2. The lowest BCUT2D eigenvalue weighted by molar-refractivity contribution is -0.384. The molecule has 1 saturated heterocycles. The first-order chi connectivity index (χ1) is 13.7. The molecule has 2 amide bonds. The zero-order chi connectivity index (χ0) is 21.4. The van der Waals surface area contributed by atoms with E-state index in [1.54, 1.807) is 4.90 Å². The fraction of sp³-hybridized carbons (Fsp3) is 0.556. The highest BCUT2D eigenvalue weighted by molar-refractivity contribution is 5.79. The molecule has 0 aliphatic carbocycles. The van der Waals surface area contributed by atoms with Crippen LogP contribution in [0.15, 0.2) is 18.2 Å². The Hall–Kier alpha value is -2.85. The summed E-state index contributed by atoms with van der Waals surface area (Å²) in [7, 11) is 0.